The van der Waals surface area contributed by atoms with Crippen molar-refractivity contribution in [3.63, 3.8) is 0 Å². The van der Waals surface area contributed by atoms with Gasteiger partial charge < -0.3 is 4.65 Å². The van der Waals surface area contributed by atoms with E-state index in [0.717, 1.165) is 7.48 Å². The van der Waals surface area contributed by atoms with Gasteiger partial charge in [0.1, 0.15) is 0 Å². The Labute approximate surface area is 40.0 Å². The lowest BCUT2D eigenvalue weighted by Crippen LogP contribution is -2.02. The summed E-state index contributed by atoms with van der Waals surface area (Å²) in [4.78, 5) is 0. The summed E-state index contributed by atoms with van der Waals surface area (Å²) in [5.41, 5.74) is 0. The van der Waals surface area contributed by atoms with Gasteiger partial charge >= 0.3 is 0 Å². The summed E-state index contributed by atoms with van der Waals surface area (Å²) in [7, 11) is 0.831. The minimum absolute atomic E-state index is 0.398. The zero-order valence-electron chi connectivity index (χ0n) is 4.69. The molecule has 0 bridgehead atoms. The highest BCUT2D eigenvalue weighted by Crippen LogP contribution is 1.81. The van der Waals surface area contributed by atoms with Gasteiger partial charge in [0.15, 0.2) is 0 Å². The summed E-state index contributed by atoms with van der Waals surface area (Å²) in [5, 5.41) is 0. The maximum Gasteiger partial charge on any atom is 0.272 e. The van der Waals surface area contributed by atoms with Crippen LogP contribution in [0.3, 0.4) is 0 Å². The molecule has 0 spiro atoms. The Kier molecular flexibility index (Phi) is 3.24. The number of hydrogen-bond donors (Lipinski definition) is 0. The molecule has 0 aromatic carbocycles. The van der Waals surface area contributed by atoms with Crippen LogP contribution >= 0.6 is 0 Å². The van der Waals surface area contributed by atoms with Crippen molar-refractivity contribution in [2.24, 2.45) is 0 Å². The van der Waals surface area contributed by atoms with Gasteiger partial charge in [-0.15, -0.1) is 0 Å². The molecular formula is C4H11BO. The fourth-order valence-electron chi connectivity index (χ4n) is 0.333. The molecule has 0 rings (SSSR count). The van der Waals surface area contributed by atoms with Crippen molar-refractivity contribution in [3.05, 3.63) is 0 Å². The zero-order chi connectivity index (χ0) is 4.99. The number of rotatable bonds is 2. The molecule has 0 aliphatic carbocycles. The third kappa shape index (κ3) is 4.02. The Balaban J connectivity index is 2.63. The van der Waals surface area contributed by atoms with Gasteiger partial charge in [-0.2, -0.15) is 0 Å². The average Bonchev–Trinajstić information content (AvgIpc) is 1.35. The number of hydrogen-bond acceptors (Lipinski definition) is 1. The highest BCUT2D eigenvalue weighted by atomic mass is 16.4. The van der Waals surface area contributed by atoms with Crippen LogP contribution < -0.4 is 0 Å². The SMILES string of the molecule is CBOC(C)C. The Hall–Kier alpha value is 0.0249. The van der Waals surface area contributed by atoms with E-state index in [-0.39, 0.29) is 0 Å². The fourth-order valence-corrected chi connectivity index (χ4v) is 0.333. The van der Waals surface area contributed by atoms with E-state index in [1.165, 1.54) is 0 Å². The summed E-state index contributed by atoms with van der Waals surface area (Å²) in [6, 6.07) is 0. The van der Waals surface area contributed by atoms with Gasteiger partial charge in [0, 0.05) is 6.10 Å². The molecule has 6 heavy (non-hydrogen) atoms. The Morgan fingerprint density at radius 1 is 1.50 bits per heavy atom. The van der Waals surface area contributed by atoms with Crippen LogP contribution in [-0.2, 0) is 4.65 Å². The van der Waals surface area contributed by atoms with Crippen molar-refractivity contribution in [1.29, 1.82) is 0 Å². The van der Waals surface area contributed by atoms with Gasteiger partial charge in [-0.1, -0.05) is 6.82 Å². The molecule has 0 aliphatic rings. The summed E-state index contributed by atoms with van der Waals surface area (Å²) >= 11 is 0. The molecule has 0 aromatic heterocycles. The van der Waals surface area contributed by atoms with Gasteiger partial charge in [-0.25, -0.2) is 0 Å². The molecule has 0 atom stereocenters. The average molecular weight is 85.9 g/mol. The first-order valence-electron chi connectivity index (χ1n) is 2.39. The highest BCUT2D eigenvalue weighted by molar-refractivity contribution is 6.24. The van der Waals surface area contributed by atoms with Gasteiger partial charge in [0.05, 0.1) is 0 Å². The molecule has 0 aromatic rings. The van der Waals surface area contributed by atoms with E-state index in [0.29, 0.717) is 6.10 Å². The van der Waals surface area contributed by atoms with E-state index in [1.807, 2.05) is 20.7 Å². The van der Waals surface area contributed by atoms with Crippen LogP contribution in [0.15, 0.2) is 0 Å². The van der Waals surface area contributed by atoms with Crippen LogP contribution in [0, 0.1) is 0 Å². The lowest BCUT2D eigenvalue weighted by atomic mass is 10.1. The van der Waals surface area contributed by atoms with E-state index in [4.69, 9.17) is 4.65 Å². The minimum Gasteiger partial charge on any atom is -0.438 e. The van der Waals surface area contributed by atoms with Crippen molar-refractivity contribution in [2.75, 3.05) is 0 Å². The largest absolute Gasteiger partial charge is 0.438 e. The predicted octanol–water partition coefficient (Wildman–Crippen LogP) is 0.811. The summed E-state index contributed by atoms with van der Waals surface area (Å²) < 4.78 is 5.04. The molecule has 0 fully saturated rings. The molecule has 0 N–H and O–H groups in total. The lowest BCUT2D eigenvalue weighted by molar-refractivity contribution is 0.258. The Bertz CT molecular complexity index is 28.7. The van der Waals surface area contributed by atoms with Gasteiger partial charge in [0.2, 0.25) is 0 Å². The third-order valence-corrected chi connectivity index (χ3v) is 0.500. The molecular weight excluding hydrogens is 74.9 g/mol. The molecule has 2 heteroatoms. The molecule has 0 saturated carbocycles. The predicted molar refractivity (Wildman–Crippen MR) is 29.2 cm³/mol. The second-order valence-corrected chi connectivity index (χ2v) is 1.50. The van der Waals surface area contributed by atoms with Crippen molar-refractivity contribution >= 4 is 7.48 Å². The molecule has 0 radical (unpaired) electrons. The van der Waals surface area contributed by atoms with Gasteiger partial charge in [-0.3, -0.25) is 0 Å². The standard InChI is InChI=1S/C4H11BO/c1-4(2)6-5-3/h4-5H,1-3H3. The van der Waals surface area contributed by atoms with Crippen molar-refractivity contribution in [2.45, 2.75) is 26.8 Å². The summed E-state index contributed by atoms with van der Waals surface area (Å²) in [6.07, 6.45) is 0.398. The van der Waals surface area contributed by atoms with Gasteiger partial charge in [0.25, 0.3) is 7.48 Å². The van der Waals surface area contributed by atoms with E-state index in [1.54, 1.807) is 0 Å². The van der Waals surface area contributed by atoms with E-state index in [9.17, 15) is 0 Å². The topological polar surface area (TPSA) is 9.23 Å². The molecule has 1 nitrogen and oxygen atoms in total. The van der Waals surface area contributed by atoms with Crippen LogP contribution in [0.25, 0.3) is 0 Å². The molecule has 0 amide bonds. The molecule has 0 aliphatic heterocycles. The second-order valence-electron chi connectivity index (χ2n) is 1.50. The van der Waals surface area contributed by atoms with E-state index in [2.05, 4.69) is 0 Å². The smallest absolute Gasteiger partial charge is 0.272 e. The normalized spacial score (nSPS) is 9.33. The van der Waals surface area contributed by atoms with Crippen LogP contribution in [0.4, 0.5) is 0 Å². The Morgan fingerprint density at radius 3 is 2.00 bits per heavy atom. The highest BCUT2D eigenvalue weighted by Gasteiger charge is 1.85. The van der Waals surface area contributed by atoms with E-state index < -0.39 is 0 Å². The Morgan fingerprint density at radius 2 is 2.00 bits per heavy atom. The molecule has 0 saturated heterocycles. The molecule has 0 heterocycles. The van der Waals surface area contributed by atoms with Crippen molar-refractivity contribution < 1.29 is 4.65 Å². The van der Waals surface area contributed by atoms with E-state index >= 15 is 0 Å². The van der Waals surface area contributed by atoms with Crippen LogP contribution in [0.5, 0.6) is 0 Å². The second kappa shape index (κ2) is 3.22. The zero-order valence-corrected chi connectivity index (χ0v) is 4.69. The van der Waals surface area contributed by atoms with Crippen LogP contribution in [0.2, 0.25) is 6.82 Å². The van der Waals surface area contributed by atoms with Crippen LogP contribution in [0.1, 0.15) is 13.8 Å². The molecule has 0 unspecified atom stereocenters. The first kappa shape index (κ1) is 6.02. The van der Waals surface area contributed by atoms with Crippen molar-refractivity contribution in [1.82, 2.24) is 0 Å². The maximum absolute atomic E-state index is 5.04. The fraction of sp³-hybridized carbons (Fsp3) is 1.00. The maximum atomic E-state index is 5.04. The summed E-state index contributed by atoms with van der Waals surface area (Å²) in [6.45, 7) is 6.06. The third-order valence-electron chi connectivity index (χ3n) is 0.500. The first-order valence-corrected chi connectivity index (χ1v) is 2.39. The van der Waals surface area contributed by atoms with Gasteiger partial charge in [-0.05, 0) is 13.8 Å². The molecule has 36 valence electrons. The quantitative estimate of drug-likeness (QED) is 0.452. The van der Waals surface area contributed by atoms with Crippen LogP contribution in [-0.4, -0.2) is 13.6 Å². The van der Waals surface area contributed by atoms with Crippen molar-refractivity contribution in [3.8, 4) is 0 Å². The lowest BCUT2D eigenvalue weighted by Gasteiger charge is -2.00. The monoisotopic (exact) mass is 86.1 g/mol. The minimum atomic E-state index is 0.398. The summed E-state index contributed by atoms with van der Waals surface area (Å²) in [5.74, 6) is 0. The first-order chi connectivity index (χ1) is 2.77.